The summed E-state index contributed by atoms with van der Waals surface area (Å²) in [7, 11) is 1.46. The van der Waals surface area contributed by atoms with Gasteiger partial charge >= 0.3 is 0 Å². The maximum absolute atomic E-state index is 14.0. The van der Waals surface area contributed by atoms with E-state index in [4.69, 9.17) is 23.2 Å². The molecule has 0 spiro atoms. The van der Waals surface area contributed by atoms with Gasteiger partial charge in [0.25, 0.3) is 5.91 Å². The van der Waals surface area contributed by atoms with Crippen LogP contribution in [0.15, 0.2) is 53.3 Å². The first-order valence-corrected chi connectivity index (χ1v) is 9.09. The molecule has 0 N–H and O–H groups in total. The Hall–Kier alpha value is -2.70. The molecule has 3 rings (SSSR count). The molecule has 1 aromatic heterocycles. The lowest BCUT2D eigenvalue weighted by Crippen LogP contribution is -2.33. The molecular weight excluding hydrogens is 404 g/mol. The van der Waals surface area contributed by atoms with Crippen molar-refractivity contribution < 1.29 is 9.18 Å². The van der Waals surface area contributed by atoms with Crippen molar-refractivity contribution in [1.29, 1.82) is 0 Å². The van der Waals surface area contributed by atoms with E-state index in [0.717, 1.165) is 0 Å². The van der Waals surface area contributed by atoms with Gasteiger partial charge in [-0.25, -0.2) is 9.07 Å². The van der Waals surface area contributed by atoms with Crippen molar-refractivity contribution in [3.05, 3.63) is 91.6 Å². The SMILES string of the molecule is Cc1cc(=O)c(C(=O)N(C)Cc2c(F)cccc2Cl)nn1-c1ccc(Cl)cc1. The van der Waals surface area contributed by atoms with Crippen LogP contribution in [0.3, 0.4) is 0 Å². The highest BCUT2D eigenvalue weighted by Gasteiger charge is 2.21. The van der Waals surface area contributed by atoms with Crippen molar-refractivity contribution >= 4 is 29.1 Å². The minimum Gasteiger partial charge on any atom is -0.336 e. The summed E-state index contributed by atoms with van der Waals surface area (Å²) in [6.45, 7) is 1.61. The molecule has 3 aromatic rings. The van der Waals surface area contributed by atoms with E-state index < -0.39 is 17.2 Å². The molecule has 2 aromatic carbocycles. The third kappa shape index (κ3) is 4.08. The standard InChI is InChI=1S/C20H16Cl2FN3O2/c1-12-10-18(27)19(24-26(12)14-8-6-13(21)7-9-14)20(28)25(2)11-15-16(22)4-3-5-17(15)23/h3-10H,11H2,1-2H3. The maximum Gasteiger partial charge on any atom is 0.278 e. The summed E-state index contributed by atoms with van der Waals surface area (Å²) in [5.41, 5.74) is 0.597. The van der Waals surface area contributed by atoms with E-state index in [9.17, 15) is 14.0 Å². The van der Waals surface area contributed by atoms with Crippen molar-refractivity contribution in [3.8, 4) is 5.69 Å². The lowest BCUT2D eigenvalue weighted by atomic mass is 10.2. The molecule has 0 unspecified atom stereocenters. The Kier molecular flexibility index (Phi) is 5.82. The van der Waals surface area contributed by atoms with Crippen molar-refractivity contribution in [2.45, 2.75) is 13.5 Å². The summed E-state index contributed by atoms with van der Waals surface area (Å²) in [6, 6.07) is 12.4. The molecule has 5 nitrogen and oxygen atoms in total. The third-order valence-electron chi connectivity index (χ3n) is 4.18. The minimum atomic E-state index is -0.632. The van der Waals surface area contributed by atoms with Gasteiger partial charge in [-0.3, -0.25) is 9.59 Å². The van der Waals surface area contributed by atoms with Gasteiger partial charge in [0.1, 0.15) is 5.82 Å². The first-order chi connectivity index (χ1) is 13.3. The van der Waals surface area contributed by atoms with Crippen molar-refractivity contribution in [2.75, 3.05) is 7.05 Å². The van der Waals surface area contributed by atoms with Gasteiger partial charge in [-0.05, 0) is 43.3 Å². The quantitative estimate of drug-likeness (QED) is 0.634. The number of benzene rings is 2. The van der Waals surface area contributed by atoms with Crippen molar-refractivity contribution in [1.82, 2.24) is 14.7 Å². The molecule has 0 atom stereocenters. The number of halogens is 3. The van der Waals surface area contributed by atoms with Crippen LogP contribution < -0.4 is 5.43 Å². The number of rotatable bonds is 4. The van der Waals surface area contributed by atoms with Crippen LogP contribution in [0.4, 0.5) is 4.39 Å². The number of aryl methyl sites for hydroxylation is 1. The van der Waals surface area contributed by atoms with Crippen LogP contribution in [0.5, 0.6) is 0 Å². The average molecular weight is 420 g/mol. The number of hydrogen-bond acceptors (Lipinski definition) is 3. The monoisotopic (exact) mass is 419 g/mol. The van der Waals surface area contributed by atoms with Gasteiger partial charge < -0.3 is 4.90 Å². The Bertz CT molecular complexity index is 1080. The largest absolute Gasteiger partial charge is 0.336 e. The maximum atomic E-state index is 14.0. The van der Waals surface area contributed by atoms with E-state index in [1.165, 1.54) is 40.9 Å². The molecule has 0 aliphatic carbocycles. The molecule has 0 saturated carbocycles. The second-order valence-corrected chi connectivity index (χ2v) is 7.09. The molecule has 0 saturated heterocycles. The predicted octanol–water partition coefficient (Wildman–Crippen LogP) is 4.26. The zero-order valence-corrected chi connectivity index (χ0v) is 16.6. The van der Waals surface area contributed by atoms with Gasteiger partial charge in [0.2, 0.25) is 5.43 Å². The molecule has 0 radical (unpaired) electrons. The number of carbonyl (C=O) groups is 1. The molecule has 1 heterocycles. The Morgan fingerprint density at radius 1 is 1.18 bits per heavy atom. The minimum absolute atomic E-state index is 0.0969. The summed E-state index contributed by atoms with van der Waals surface area (Å²) in [5.74, 6) is -1.16. The molecule has 0 fully saturated rings. The third-order valence-corrected chi connectivity index (χ3v) is 4.79. The zero-order chi connectivity index (χ0) is 20.4. The van der Waals surface area contributed by atoms with Crippen LogP contribution >= 0.6 is 23.2 Å². The lowest BCUT2D eigenvalue weighted by molar-refractivity contribution is 0.0774. The van der Waals surface area contributed by atoms with Crippen LogP contribution in [0.1, 0.15) is 21.7 Å². The summed E-state index contributed by atoms with van der Waals surface area (Å²) in [6.07, 6.45) is 0. The van der Waals surface area contributed by atoms with E-state index in [-0.39, 0.29) is 22.8 Å². The second kappa shape index (κ2) is 8.12. The summed E-state index contributed by atoms with van der Waals surface area (Å²) in [4.78, 5) is 26.4. The summed E-state index contributed by atoms with van der Waals surface area (Å²) >= 11 is 11.9. The van der Waals surface area contributed by atoms with E-state index in [1.54, 1.807) is 31.2 Å². The second-order valence-electron chi connectivity index (χ2n) is 6.25. The molecule has 144 valence electrons. The first-order valence-electron chi connectivity index (χ1n) is 8.33. The van der Waals surface area contributed by atoms with E-state index in [2.05, 4.69) is 5.10 Å². The molecule has 8 heteroatoms. The lowest BCUT2D eigenvalue weighted by Gasteiger charge is -2.19. The van der Waals surface area contributed by atoms with E-state index >= 15 is 0 Å². The predicted molar refractivity (Wildman–Crippen MR) is 107 cm³/mol. The summed E-state index contributed by atoms with van der Waals surface area (Å²) in [5, 5.41) is 4.98. The van der Waals surface area contributed by atoms with Gasteiger partial charge in [0, 0.05) is 34.4 Å². The average Bonchev–Trinajstić information content (AvgIpc) is 2.65. The molecular formula is C20H16Cl2FN3O2. The van der Waals surface area contributed by atoms with Gasteiger partial charge in [0.05, 0.1) is 12.2 Å². The van der Waals surface area contributed by atoms with Gasteiger partial charge in [-0.1, -0.05) is 29.3 Å². The Labute approximate surface area is 170 Å². The van der Waals surface area contributed by atoms with Crippen molar-refractivity contribution in [3.63, 3.8) is 0 Å². The van der Waals surface area contributed by atoms with Crippen LogP contribution in [0.2, 0.25) is 10.0 Å². The first kappa shape index (κ1) is 20.0. The number of nitrogens with zero attached hydrogens (tertiary/aromatic N) is 3. The number of hydrogen-bond donors (Lipinski definition) is 0. The fraction of sp³-hybridized carbons (Fsp3) is 0.150. The molecule has 28 heavy (non-hydrogen) atoms. The Morgan fingerprint density at radius 2 is 1.86 bits per heavy atom. The van der Waals surface area contributed by atoms with E-state index in [1.807, 2.05) is 0 Å². The highest BCUT2D eigenvalue weighted by atomic mass is 35.5. The van der Waals surface area contributed by atoms with Crippen LogP contribution in [-0.4, -0.2) is 27.6 Å². The molecule has 0 aliphatic rings. The van der Waals surface area contributed by atoms with Crippen LogP contribution in [-0.2, 0) is 6.54 Å². The fourth-order valence-corrected chi connectivity index (χ4v) is 3.06. The van der Waals surface area contributed by atoms with Gasteiger partial charge in [-0.15, -0.1) is 0 Å². The number of carbonyl (C=O) groups excluding carboxylic acids is 1. The smallest absolute Gasteiger partial charge is 0.278 e. The number of aromatic nitrogens is 2. The highest BCUT2D eigenvalue weighted by Crippen LogP contribution is 2.21. The van der Waals surface area contributed by atoms with Crippen molar-refractivity contribution in [2.24, 2.45) is 0 Å². The topological polar surface area (TPSA) is 55.2 Å². The Balaban J connectivity index is 1.96. The van der Waals surface area contributed by atoms with E-state index in [0.29, 0.717) is 16.4 Å². The van der Waals surface area contributed by atoms with Gasteiger partial charge in [-0.2, -0.15) is 5.10 Å². The fourth-order valence-electron chi connectivity index (χ4n) is 2.71. The van der Waals surface area contributed by atoms with Crippen LogP contribution in [0.25, 0.3) is 5.69 Å². The zero-order valence-electron chi connectivity index (χ0n) is 15.1. The van der Waals surface area contributed by atoms with Crippen LogP contribution in [0, 0.1) is 12.7 Å². The Morgan fingerprint density at radius 3 is 2.50 bits per heavy atom. The molecule has 1 amide bonds. The van der Waals surface area contributed by atoms with Gasteiger partial charge in [0.15, 0.2) is 5.69 Å². The number of amides is 1. The normalized spacial score (nSPS) is 10.8. The summed E-state index contributed by atoms with van der Waals surface area (Å²) < 4.78 is 15.5. The molecule has 0 bridgehead atoms. The highest BCUT2D eigenvalue weighted by molar-refractivity contribution is 6.31. The molecule has 0 aliphatic heterocycles.